The lowest BCUT2D eigenvalue weighted by Gasteiger charge is -2.35. The fraction of sp³-hybridized carbons (Fsp3) is 0.278. The van der Waals surface area contributed by atoms with Crippen molar-refractivity contribution in [3.8, 4) is 10.8 Å². The zero-order valence-corrected chi connectivity index (χ0v) is 16.0. The van der Waals surface area contributed by atoms with E-state index in [1.165, 1.54) is 11.3 Å². The van der Waals surface area contributed by atoms with Crippen LogP contribution in [0.1, 0.15) is 10.5 Å². The van der Waals surface area contributed by atoms with Gasteiger partial charge in [0.2, 0.25) is 0 Å². The highest BCUT2D eigenvalue weighted by Crippen LogP contribution is 2.26. The molecule has 0 unspecified atom stereocenters. The summed E-state index contributed by atoms with van der Waals surface area (Å²) >= 11 is 1.41. The van der Waals surface area contributed by atoms with Gasteiger partial charge in [-0.05, 0) is 12.1 Å². The Balaban J connectivity index is 1.30. The number of fused-ring (bicyclic) bond motifs is 1. The van der Waals surface area contributed by atoms with Gasteiger partial charge < -0.3 is 14.2 Å². The molecule has 0 aliphatic carbocycles. The molecule has 0 radical (unpaired) electrons. The van der Waals surface area contributed by atoms with Crippen molar-refractivity contribution < 1.29 is 9.21 Å². The highest BCUT2D eigenvalue weighted by Gasteiger charge is 2.26. The molecular formula is C18H17N7O2S. The zero-order valence-electron chi connectivity index (χ0n) is 15.1. The standard InChI is InChI=1S/C18H17N7O2S/c1-23-15-12(9-21-23)16(20-11-19-15)24-4-6-25(7-5-24)18(26)13-10-28-17(22-13)14-3-2-8-27-14/h2-3,8-11H,4-7H2,1H3. The van der Waals surface area contributed by atoms with Crippen molar-refractivity contribution in [3.05, 3.63) is 42.0 Å². The number of furan rings is 1. The van der Waals surface area contributed by atoms with Gasteiger partial charge in [0.15, 0.2) is 16.4 Å². The van der Waals surface area contributed by atoms with Crippen LogP contribution in [0.3, 0.4) is 0 Å². The first-order valence-corrected chi connectivity index (χ1v) is 9.75. The van der Waals surface area contributed by atoms with E-state index in [1.54, 1.807) is 28.8 Å². The predicted molar refractivity (Wildman–Crippen MR) is 104 cm³/mol. The van der Waals surface area contributed by atoms with E-state index >= 15 is 0 Å². The normalized spacial score (nSPS) is 14.8. The molecule has 1 aliphatic heterocycles. The van der Waals surface area contributed by atoms with Gasteiger partial charge in [0.25, 0.3) is 5.91 Å². The third-order valence-corrected chi connectivity index (χ3v) is 5.69. The minimum absolute atomic E-state index is 0.0529. The summed E-state index contributed by atoms with van der Waals surface area (Å²) in [5.74, 6) is 1.49. The number of piperazine rings is 1. The smallest absolute Gasteiger partial charge is 0.273 e. The maximum absolute atomic E-state index is 12.8. The van der Waals surface area contributed by atoms with E-state index < -0.39 is 0 Å². The minimum Gasteiger partial charge on any atom is -0.462 e. The average Bonchev–Trinajstić information content (AvgIpc) is 3.48. The average molecular weight is 395 g/mol. The number of hydrogen-bond donors (Lipinski definition) is 0. The molecule has 1 saturated heterocycles. The van der Waals surface area contributed by atoms with Gasteiger partial charge in [-0.3, -0.25) is 9.48 Å². The molecular weight excluding hydrogens is 378 g/mol. The van der Waals surface area contributed by atoms with E-state index in [0.29, 0.717) is 42.6 Å². The number of hydrogen-bond acceptors (Lipinski definition) is 8. The van der Waals surface area contributed by atoms with E-state index in [2.05, 4.69) is 25.0 Å². The molecule has 4 aromatic rings. The lowest BCUT2D eigenvalue weighted by atomic mass is 10.2. The van der Waals surface area contributed by atoms with Crippen molar-refractivity contribution in [2.45, 2.75) is 0 Å². The lowest BCUT2D eigenvalue weighted by molar-refractivity contribution is 0.0741. The number of amides is 1. The number of thiazole rings is 1. The highest BCUT2D eigenvalue weighted by molar-refractivity contribution is 7.13. The number of carbonyl (C=O) groups is 1. The van der Waals surface area contributed by atoms with E-state index in [0.717, 1.165) is 16.9 Å². The van der Waals surface area contributed by atoms with Crippen LogP contribution in [0.2, 0.25) is 0 Å². The van der Waals surface area contributed by atoms with Crippen LogP contribution in [0, 0.1) is 0 Å². The second-order valence-corrected chi connectivity index (χ2v) is 7.36. The molecule has 10 heteroatoms. The van der Waals surface area contributed by atoms with Gasteiger partial charge in [0.1, 0.15) is 17.8 Å². The molecule has 5 rings (SSSR count). The molecule has 1 fully saturated rings. The largest absolute Gasteiger partial charge is 0.462 e. The van der Waals surface area contributed by atoms with Crippen LogP contribution >= 0.6 is 11.3 Å². The maximum Gasteiger partial charge on any atom is 0.273 e. The van der Waals surface area contributed by atoms with Gasteiger partial charge in [-0.2, -0.15) is 5.10 Å². The van der Waals surface area contributed by atoms with Crippen molar-refractivity contribution in [1.29, 1.82) is 0 Å². The summed E-state index contributed by atoms with van der Waals surface area (Å²) in [6.45, 7) is 2.61. The highest BCUT2D eigenvalue weighted by atomic mass is 32.1. The topological polar surface area (TPSA) is 93.2 Å². The Morgan fingerprint density at radius 2 is 2.07 bits per heavy atom. The monoisotopic (exact) mass is 395 g/mol. The van der Waals surface area contributed by atoms with E-state index in [4.69, 9.17) is 4.42 Å². The molecule has 1 amide bonds. The van der Waals surface area contributed by atoms with Crippen LogP contribution < -0.4 is 4.90 Å². The molecule has 0 N–H and O–H groups in total. The first kappa shape index (κ1) is 16.9. The SMILES string of the molecule is Cn1ncc2c(N3CCN(C(=O)c4csc(-c5ccco5)n4)CC3)ncnc21. The van der Waals surface area contributed by atoms with Crippen molar-refractivity contribution in [3.63, 3.8) is 0 Å². The van der Waals surface area contributed by atoms with E-state index in [1.807, 2.05) is 24.1 Å². The summed E-state index contributed by atoms with van der Waals surface area (Å²) in [5, 5.41) is 7.69. The molecule has 4 aromatic heterocycles. The Morgan fingerprint density at radius 1 is 1.21 bits per heavy atom. The van der Waals surface area contributed by atoms with Gasteiger partial charge in [-0.25, -0.2) is 15.0 Å². The quantitative estimate of drug-likeness (QED) is 0.524. The molecule has 0 atom stereocenters. The summed E-state index contributed by atoms with van der Waals surface area (Å²) in [7, 11) is 1.86. The van der Waals surface area contributed by atoms with Crippen LogP contribution in [0.15, 0.2) is 40.7 Å². The van der Waals surface area contributed by atoms with E-state index in [9.17, 15) is 4.79 Å². The number of aromatic nitrogens is 5. The molecule has 28 heavy (non-hydrogen) atoms. The first-order chi connectivity index (χ1) is 13.7. The second-order valence-electron chi connectivity index (χ2n) is 6.50. The van der Waals surface area contributed by atoms with Crippen molar-refractivity contribution >= 4 is 34.1 Å². The van der Waals surface area contributed by atoms with Gasteiger partial charge >= 0.3 is 0 Å². The zero-order chi connectivity index (χ0) is 19.1. The number of carbonyl (C=O) groups excluding carboxylic acids is 1. The molecule has 0 saturated carbocycles. The Hall–Kier alpha value is -3.27. The fourth-order valence-electron chi connectivity index (χ4n) is 3.37. The predicted octanol–water partition coefficient (Wildman–Crippen LogP) is 2.04. The van der Waals surface area contributed by atoms with Crippen LogP contribution in [0.5, 0.6) is 0 Å². The molecule has 5 heterocycles. The minimum atomic E-state index is -0.0529. The number of anilines is 1. The lowest BCUT2D eigenvalue weighted by Crippen LogP contribution is -2.49. The molecule has 142 valence electrons. The van der Waals surface area contributed by atoms with Crippen LogP contribution in [-0.2, 0) is 7.05 Å². The van der Waals surface area contributed by atoms with Gasteiger partial charge in [0, 0.05) is 38.6 Å². The Labute approximate surface area is 164 Å². The summed E-state index contributed by atoms with van der Waals surface area (Å²) in [6.07, 6.45) is 4.94. The van der Waals surface area contributed by atoms with Crippen molar-refractivity contribution in [2.24, 2.45) is 7.05 Å². The van der Waals surface area contributed by atoms with Gasteiger partial charge in [0.05, 0.1) is 17.8 Å². The third-order valence-electron chi connectivity index (χ3n) is 4.83. The van der Waals surface area contributed by atoms with Crippen LogP contribution in [0.4, 0.5) is 5.82 Å². The van der Waals surface area contributed by atoms with E-state index in [-0.39, 0.29) is 5.91 Å². The Kier molecular flexibility index (Phi) is 4.05. The van der Waals surface area contributed by atoms with Crippen molar-refractivity contribution in [2.75, 3.05) is 31.1 Å². The van der Waals surface area contributed by atoms with Crippen LogP contribution in [-0.4, -0.2) is 61.7 Å². The summed E-state index contributed by atoms with van der Waals surface area (Å²) in [4.78, 5) is 30.0. The first-order valence-electron chi connectivity index (χ1n) is 8.87. The summed E-state index contributed by atoms with van der Waals surface area (Å²) in [5.41, 5.74) is 1.26. The number of aryl methyl sites for hydroxylation is 1. The molecule has 0 bridgehead atoms. The Morgan fingerprint density at radius 3 is 2.86 bits per heavy atom. The molecule has 1 aliphatic rings. The second kappa shape index (κ2) is 6.71. The van der Waals surface area contributed by atoms with Crippen molar-refractivity contribution in [1.82, 2.24) is 29.6 Å². The van der Waals surface area contributed by atoms with Crippen LogP contribution in [0.25, 0.3) is 21.8 Å². The van der Waals surface area contributed by atoms with Gasteiger partial charge in [-0.15, -0.1) is 11.3 Å². The number of nitrogens with zero attached hydrogens (tertiary/aromatic N) is 7. The fourth-order valence-corrected chi connectivity index (χ4v) is 4.13. The molecule has 0 spiro atoms. The van der Waals surface area contributed by atoms with Gasteiger partial charge in [-0.1, -0.05) is 0 Å². The molecule has 0 aromatic carbocycles. The number of rotatable bonds is 3. The third kappa shape index (κ3) is 2.82. The maximum atomic E-state index is 12.8. The Bertz CT molecular complexity index is 1130. The summed E-state index contributed by atoms with van der Waals surface area (Å²) in [6, 6.07) is 3.65. The molecule has 9 nitrogen and oxygen atoms in total. The summed E-state index contributed by atoms with van der Waals surface area (Å²) < 4.78 is 7.09.